The number of carbonyl (C=O) groups excluding carboxylic acids is 1. The highest BCUT2D eigenvalue weighted by molar-refractivity contribution is 5.75. The zero-order valence-electron chi connectivity index (χ0n) is 11.1. The van der Waals surface area contributed by atoms with Crippen LogP contribution >= 0.6 is 0 Å². The first-order valence-electron chi connectivity index (χ1n) is 6.12. The van der Waals surface area contributed by atoms with Gasteiger partial charge in [-0.05, 0) is 30.3 Å². The fourth-order valence-corrected chi connectivity index (χ4v) is 1.74. The summed E-state index contributed by atoms with van der Waals surface area (Å²) in [5.41, 5.74) is 1.87. The summed E-state index contributed by atoms with van der Waals surface area (Å²) in [6.45, 7) is 0. The number of hydrogen-bond donors (Lipinski definition) is 1. The van der Waals surface area contributed by atoms with Gasteiger partial charge in [-0.25, -0.2) is 4.68 Å². The second kappa shape index (κ2) is 6.04. The molecule has 0 aliphatic carbocycles. The lowest BCUT2D eigenvalue weighted by atomic mass is 10.2. The molecule has 1 N–H and O–H groups in total. The molecular weight excluding hydrogens is 242 g/mol. The Morgan fingerprint density at radius 1 is 1.32 bits per heavy atom. The van der Waals surface area contributed by atoms with Gasteiger partial charge >= 0.3 is 0 Å². The van der Waals surface area contributed by atoms with Gasteiger partial charge in [-0.3, -0.25) is 4.79 Å². The lowest BCUT2D eigenvalue weighted by Crippen LogP contribution is -2.18. The smallest absolute Gasteiger partial charge is 0.220 e. The van der Waals surface area contributed by atoms with Crippen molar-refractivity contribution in [1.29, 1.82) is 0 Å². The van der Waals surface area contributed by atoms with Gasteiger partial charge in [0.2, 0.25) is 5.91 Å². The summed E-state index contributed by atoms with van der Waals surface area (Å²) in [5.74, 6) is 0.842. The summed E-state index contributed by atoms with van der Waals surface area (Å²) < 4.78 is 6.90. The zero-order valence-corrected chi connectivity index (χ0v) is 11.1. The molecular formula is C14H17N3O2. The van der Waals surface area contributed by atoms with Gasteiger partial charge in [0.25, 0.3) is 0 Å². The van der Waals surface area contributed by atoms with E-state index in [4.69, 9.17) is 4.74 Å². The Kier molecular flexibility index (Phi) is 4.18. The minimum absolute atomic E-state index is 0.0268. The average Bonchev–Trinajstić information content (AvgIpc) is 2.93. The van der Waals surface area contributed by atoms with Crippen molar-refractivity contribution in [3.63, 3.8) is 0 Å². The molecule has 19 heavy (non-hydrogen) atoms. The molecule has 0 saturated heterocycles. The summed E-state index contributed by atoms with van der Waals surface area (Å²) in [6.07, 6.45) is 2.99. The molecule has 100 valence electrons. The number of carbonyl (C=O) groups is 1. The summed E-state index contributed by atoms with van der Waals surface area (Å²) in [6, 6.07) is 9.58. The molecule has 0 saturated carbocycles. The predicted octanol–water partition coefficient (Wildman–Crippen LogP) is 1.56. The number of nitrogens with zero attached hydrogens (tertiary/aromatic N) is 2. The predicted molar refractivity (Wildman–Crippen MR) is 72.5 cm³/mol. The van der Waals surface area contributed by atoms with Crippen molar-refractivity contribution in [2.24, 2.45) is 0 Å². The van der Waals surface area contributed by atoms with E-state index in [-0.39, 0.29) is 5.91 Å². The standard InChI is InChI=1S/C14H17N3O2/c1-15-14(18)8-3-11-9-10-17(16-11)12-4-6-13(19-2)7-5-12/h4-7,9-10H,3,8H2,1-2H3,(H,15,18). The Balaban J connectivity index is 2.05. The number of aromatic nitrogens is 2. The third kappa shape index (κ3) is 3.34. The van der Waals surface area contributed by atoms with Crippen molar-refractivity contribution in [2.75, 3.05) is 14.2 Å². The van der Waals surface area contributed by atoms with Crippen LogP contribution in [-0.4, -0.2) is 29.8 Å². The first kappa shape index (κ1) is 13.1. The zero-order chi connectivity index (χ0) is 13.7. The third-order valence-corrected chi connectivity index (χ3v) is 2.87. The normalized spacial score (nSPS) is 10.2. The lowest BCUT2D eigenvalue weighted by molar-refractivity contribution is -0.120. The van der Waals surface area contributed by atoms with Crippen LogP contribution in [-0.2, 0) is 11.2 Å². The Morgan fingerprint density at radius 2 is 2.05 bits per heavy atom. The second-order valence-electron chi connectivity index (χ2n) is 4.12. The van der Waals surface area contributed by atoms with Crippen LogP contribution in [0.5, 0.6) is 5.75 Å². The number of aryl methyl sites for hydroxylation is 1. The van der Waals surface area contributed by atoms with E-state index in [1.165, 1.54) is 0 Å². The van der Waals surface area contributed by atoms with Gasteiger partial charge in [0.1, 0.15) is 5.75 Å². The molecule has 5 heteroatoms. The number of rotatable bonds is 5. The monoisotopic (exact) mass is 259 g/mol. The second-order valence-corrected chi connectivity index (χ2v) is 4.12. The Morgan fingerprint density at radius 3 is 2.68 bits per heavy atom. The summed E-state index contributed by atoms with van der Waals surface area (Å²) in [5, 5.41) is 7.04. The van der Waals surface area contributed by atoms with Crippen LogP contribution in [0.2, 0.25) is 0 Å². The van der Waals surface area contributed by atoms with Crippen molar-refractivity contribution in [1.82, 2.24) is 15.1 Å². The molecule has 0 fully saturated rings. The highest BCUT2D eigenvalue weighted by atomic mass is 16.5. The van der Waals surface area contributed by atoms with E-state index >= 15 is 0 Å². The van der Waals surface area contributed by atoms with E-state index in [9.17, 15) is 4.79 Å². The fraction of sp³-hybridized carbons (Fsp3) is 0.286. The molecule has 2 aromatic rings. The van der Waals surface area contributed by atoms with Gasteiger partial charge in [0.15, 0.2) is 0 Å². The van der Waals surface area contributed by atoms with Gasteiger partial charge in [-0.2, -0.15) is 5.10 Å². The van der Waals surface area contributed by atoms with Gasteiger partial charge in [-0.15, -0.1) is 0 Å². The maximum Gasteiger partial charge on any atom is 0.220 e. The summed E-state index contributed by atoms with van der Waals surface area (Å²) in [4.78, 5) is 11.2. The number of nitrogens with one attached hydrogen (secondary N) is 1. The third-order valence-electron chi connectivity index (χ3n) is 2.87. The van der Waals surface area contributed by atoms with E-state index in [1.54, 1.807) is 18.8 Å². The number of benzene rings is 1. The maximum atomic E-state index is 11.2. The molecule has 1 amide bonds. The molecule has 0 bridgehead atoms. The number of hydrogen-bond acceptors (Lipinski definition) is 3. The number of amides is 1. The minimum atomic E-state index is 0.0268. The first-order valence-corrected chi connectivity index (χ1v) is 6.12. The molecule has 0 unspecified atom stereocenters. The van der Waals surface area contributed by atoms with E-state index in [0.717, 1.165) is 17.1 Å². The lowest BCUT2D eigenvalue weighted by Gasteiger charge is -2.03. The van der Waals surface area contributed by atoms with Crippen molar-refractivity contribution < 1.29 is 9.53 Å². The van der Waals surface area contributed by atoms with Crippen molar-refractivity contribution in [2.45, 2.75) is 12.8 Å². The molecule has 0 aliphatic rings. The average molecular weight is 259 g/mol. The Hall–Kier alpha value is -2.30. The van der Waals surface area contributed by atoms with Crippen molar-refractivity contribution in [3.05, 3.63) is 42.2 Å². The van der Waals surface area contributed by atoms with Crippen LogP contribution in [0.1, 0.15) is 12.1 Å². The van der Waals surface area contributed by atoms with Gasteiger partial charge < -0.3 is 10.1 Å². The Bertz CT molecular complexity index is 546. The van der Waals surface area contributed by atoms with Crippen LogP contribution in [0.4, 0.5) is 0 Å². The van der Waals surface area contributed by atoms with Crippen LogP contribution < -0.4 is 10.1 Å². The molecule has 2 rings (SSSR count). The van der Waals surface area contributed by atoms with Crippen molar-refractivity contribution in [3.8, 4) is 11.4 Å². The summed E-state index contributed by atoms with van der Waals surface area (Å²) >= 11 is 0. The Labute approximate surface area is 112 Å². The van der Waals surface area contributed by atoms with Crippen LogP contribution in [0.15, 0.2) is 36.5 Å². The van der Waals surface area contributed by atoms with Gasteiger partial charge in [-0.1, -0.05) is 0 Å². The number of ether oxygens (including phenoxy) is 1. The van der Waals surface area contributed by atoms with Crippen LogP contribution in [0.3, 0.4) is 0 Å². The quantitative estimate of drug-likeness (QED) is 0.886. The van der Waals surface area contributed by atoms with Crippen LogP contribution in [0.25, 0.3) is 5.69 Å². The number of methoxy groups -OCH3 is 1. The molecule has 0 radical (unpaired) electrons. The maximum absolute atomic E-state index is 11.2. The van der Waals surface area contributed by atoms with Crippen molar-refractivity contribution >= 4 is 5.91 Å². The molecule has 0 aliphatic heterocycles. The largest absolute Gasteiger partial charge is 0.497 e. The van der Waals surface area contributed by atoms with Gasteiger partial charge in [0.05, 0.1) is 18.5 Å². The van der Waals surface area contributed by atoms with E-state index in [1.807, 2.05) is 36.5 Å². The van der Waals surface area contributed by atoms with E-state index in [0.29, 0.717) is 12.8 Å². The molecule has 0 spiro atoms. The van der Waals surface area contributed by atoms with Crippen LogP contribution in [0, 0.1) is 0 Å². The first-order chi connectivity index (χ1) is 9.22. The minimum Gasteiger partial charge on any atom is -0.497 e. The molecule has 0 atom stereocenters. The summed E-state index contributed by atoms with van der Waals surface area (Å²) in [7, 11) is 3.28. The molecule has 1 heterocycles. The topological polar surface area (TPSA) is 56.2 Å². The van der Waals surface area contributed by atoms with Gasteiger partial charge in [0, 0.05) is 26.1 Å². The van der Waals surface area contributed by atoms with E-state index < -0.39 is 0 Å². The molecule has 1 aromatic carbocycles. The molecule has 5 nitrogen and oxygen atoms in total. The highest BCUT2D eigenvalue weighted by Crippen LogP contribution is 2.14. The fourth-order valence-electron chi connectivity index (χ4n) is 1.74. The SMILES string of the molecule is CNC(=O)CCc1ccn(-c2ccc(OC)cc2)n1. The van der Waals surface area contributed by atoms with E-state index in [2.05, 4.69) is 10.4 Å². The highest BCUT2D eigenvalue weighted by Gasteiger charge is 2.04. The molecule has 1 aromatic heterocycles.